The molecule has 1 aliphatic heterocycles. The van der Waals surface area contributed by atoms with E-state index >= 15 is 0 Å². The zero-order chi connectivity index (χ0) is 15.4. The van der Waals surface area contributed by atoms with E-state index in [1.807, 2.05) is 13.0 Å². The summed E-state index contributed by atoms with van der Waals surface area (Å²) in [5.41, 5.74) is 13.3. The van der Waals surface area contributed by atoms with Gasteiger partial charge in [0.2, 0.25) is 11.8 Å². The predicted molar refractivity (Wildman–Crippen MR) is 79.6 cm³/mol. The number of ether oxygens (including phenoxy) is 1. The highest BCUT2D eigenvalue weighted by Gasteiger charge is 2.29. The van der Waals surface area contributed by atoms with Crippen molar-refractivity contribution in [1.29, 1.82) is 0 Å². The fourth-order valence-corrected chi connectivity index (χ4v) is 2.26. The third kappa shape index (κ3) is 3.93. The minimum Gasteiger partial charge on any atom is -0.397 e. The van der Waals surface area contributed by atoms with Gasteiger partial charge in [0.05, 0.1) is 31.1 Å². The van der Waals surface area contributed by atoms with Crippen molar-refractivity contribution in [2.75, 3.05) is 37.4 Å². The zero-order valence-corrected chi connectivity index (χ0v) is 12.0. The van der Waals surface area contributed by atoms with Crippen LogP contribution in [0, 0.1) is 6.92 Å². The second-order valence-electron chi connectivity index (χ2n) is 5.10. The predicted octanol–water partition coefficient (Wildman–Crippen LogP) is -0.298. The number of carbonyl (C=O) groups is 2. The number of hydrogen-bond donors (Lipinski definition) is 3. The molecule has 2 rings (SSSR count). The first kappa shape index (κ1) is 15.3. The van der Waals surface area contributed by atoms with Crippen LogP contribution in [0.4, 0.5) is 11.4 Å². The number of carbonyl (C=O) groups excluding carboxylic acids is 2. The van der Waals surface area contributed by atoms with Crippen molar-refractivity contribution in [2.24, 2.45) is 5.73 Å². The quantitative estimate of drug-likeness (QED) is 0.660. The van der Waals surface area contributed by atoms with Crippen LogP contribution in [-0.4, -0.2) is 49.1 Å². The number of nitrogen functional groups attached to an aromatic ring is 1. The lowest BCUT2D eigenvalue weighted by atomic mass is 10.2. The number of rotatable bonds is 4. The summed E-state index contributed by atoms with van der Waals surface area (Å²) < 4.78 is 5.21. The maximum atomic E-state index is 12.1. The molecule has 5 N–H and O–H groups in total. The molecule has 114 valence electrons. The van der Waals surface area contributed by atoms with E-state index < -0.39 is 11.9 Å². The standard InChI is InChI=1S/C14H20N4O3/c1-9-2-3-11(10(15)6-9)17-13(19)7-18-4-5-21-8-12(18)14(16)20/h2-3,6,12H,4-5,7-8,15H2,1H3,(H2,16,20)(H,17,19). The van der Waals surface area contributed by atoms with E-state index in [-0.39, 0.29) is 19.1 Å². The molecule has 1 heterocycles. The van der Waals surface area contributed by atoms with Crippen molar-refractivity contribution in [2.45, 2.75) is 13.0 Å². The van der Waals surface area contributed by atoms with Crippen molar-refractivity contribution >= 4 is 23.2 Å². The van der Waals surface area contributed by atoms with E-state index in [2.05, 4.69) is 5.32 Å². The van der Waals surface area contributed by atoms with Gasteiger partial charge in [-0.1, -0.05) is 6.07 Å². The van der Waals surface area contributed by atoms with Gasteiger partial charge in [0.25, 0.3) is 0 Å². The van der Waals surface area contributed by atoms with E-state index in [0.717, 1.165) is 5.56 Å². The molecule has 0 spiro atoms. The molecule has 1 fully saturated rings. The van der Waals surface area contributed by atoms with Crippen LogP contribution in [0.1, 0.15) is 5.56 Å². The third-order valence-corrected chi connectivity index (χ3v) is 3.40. The number of aryl methyl sites for hydroxylation is 1. The molecule has 7 nitrogen and oxygen atoms in total. The molecule has 1 saturated heterocycles. The molecule has 0 radical (unpaired) electrons. The van der Waals surface area contributed by atoms with Crippen molar-refractivity contribution in [3.05, 3.63) is 23.8 Å². The van der Waals surface area contributed by atoms with Crippen LogP contribution in [-0.2, 0) is 14.3 Å². The SMILES string of the molecule is Cc1ccc(NC(=O)CN2CCOCC2C(N)=O)c(N)c1. The molecule has 1 aromatic carbocycles. The number of benzene rings is 1. The highest BCUT2D eigenvalue weighted by Crippen LogP contribution is 2.19. The second kappa shape index (κ2) is 6.55. The zero-order valence-electron chi connectivity index (χ0n) is 12.0. The Hall–Kier alpha value is -2.12. The number of nitrogens with zero attached hydrogens (tertiary/aromatic N) is 1. The fraction of sp³-hybridized carbons (Fsp3) is 0.429. The Morgan fingerprint density at radius 3 is 2.90 bits per heavy atom. The van der Waals surface area contributed by atoms with Crippen molar-refractivity contribution < 1.29 is 14.3 Å². The summed E-state index contributed by atoms with van der Waals surface area (Å²) in [7, 11) is 0. The number of amides is 2. The van der Waals surface area contributed by atoms with E-state index in [9.17, 15) is 9.59 Å². The van der Waals surface area contributed by atoms with Crippen LogP contribution in [0.2, 0.25) is 0 Å². The molecule has 0 saturated carbocycles. The van der Waals surface area contributed by atoms with Crippen LogP contribution in [0.25, 0.3) is 0 Å². The Morgan fingerprint density at radius 2 is 2.24 bits per heavy atom. The van der Waals surface area contributed by atoms with E-state index in [1.54, 1.807) is 17.0 Å². The molecule has 0 bridgehead atoms. The molecule has 0 aromatic heterocycles. The Morgan fingerprint density at radius 1 is 1.48 bits per heavy atom. The Kier molecular flexibility index (Phi) is 4.77. The fourth-order valence-electron chi connectivity index (χ4n) is 2.26. The van der Waals surface area contributed by atoms with E-state index in [1.165, 1.54) is 0 Å². The van der Waals surface area contributed by atoms with Crippen molar-refractivity contribution in [1.82, 2.24) is 4.90 Å². The molecule has 1 aromatic rings. The van der Waals surface area contributed by atoms with Crippen LogP contribution < -0.4 is 16.8 Å². The first-order valence-corrected chi connectivity index (χ1v) is 6.74. The van der Waals surface area contributed by atoms with Crippen molar-refractivity contribution in [3.8, 4) is 0 Å². The Labute approximate surface area is 123 Å². The van der Waals surface area contributed by atoms with Gasteiger partial charge in [-0.25, -0.2) is 0 Å². The summed E-state index contributed by atoms with van der Waals surface area (Å²) in [6.45, 7) is 3.18. The number of anilines is 2. The first-order chi connectivity index (χ1) is 9.97. The highest BCUT2D eigenvalue weighted by molar-refractivity contribution is 5.95. The lowest BCUT2D eigenvalue weighted by Gasteiger charge is -2.32. The van der Waals surface area contributed by atoms with Gasteiger partial charge in [-0.3, -0.25) is 14.5 Å². The molecule has 0 aliphatic carbocycles. The van der Waals surface area contributed by atoms with E-state index in [4.69, 9.17) is 16.2 Å². The number of hydrogen-bond acceptors (Lipinski definition) is 5. The molecule has 7 heteroatoms. The van der Waals surface area contributed by atoms with Crippen LogP contribution >= 0.6 is 0 Å². The largest absolute Gasteiger partial charge is 0.397 e. The van der Waals surface area contributed by atoms with Gasteiger partial charge in [0.15, 0.2) is 0 Å². The molecule has 1 aliphatic rings. The first-order valence-electron chi connectivity index (χ1n) is 6.74. The summed E-state index contributed by atoms with van der Waals surface area (Å²) in [6.07, 6.45) is 0. The number of morpholine rings is 1. The lowest BCUT2D eigenvalue weighted by Crippen LogP contribution is -2.54. The Balaban J connectivity index is 1.98. The molecule has 2 amide bonds. The highest BCUT2D eigenvalue weighted by atomic mass is 16.5. The second-order valence-corrected chi connectivity index (χ2v) is 5.10. The molecule has 1 atom stereocenters. The Bertz CT molecular complexity index is 547. The summed E-state index contributed by atoms with van der Waals surface area (Å²) >= 11 is 0. The molecular formula is C14H20N4O3. The van der Waals surface area contributed by atoms with Crippen LogP contribution in [0.5, 0.6) is 0 Å². The third-order valence-electron chi connectivity index (χ3n) is 3.40. The number of nitrogens with two attached hydrogens (primary N) is 2. The topological polar surface area (TPSA) is 111 Å². The van der Waals surface area contributed by atoms with Gasteiger partial charge in [0, 0.05) is 6.54 Å². The van der Waals surface area contributed by atoms with E-state index in [0.29, 0.717) is 24.5 Å². The van der Waals surface area contributed by atoms with Crippen LogP contribution in [0.15, 0.2) is 18.2 Å². The maximum Gasteiger partial charge on any atom is 0.238 e. The molecular weight excluding hydrogens is 272 g/mol. The van der Waals surface area contributed by atoms with Gasteiger partial charge in [-0.2, -0.15) is 0 Å². The number of primary amides is 1. The van der Waals surface area contributed by atoms with Crippen molar-refractivity contribution in [3.63, 3.8) is 0 Å². The summed E-state index contributed by atoms with van der Waals surface area (Å²) in [6, 6.07) is 4.84. The normalized spacial score (nSPS) is 19.2. The minimum absolute atomic E-state index is 0.0737. The summed E-state index contributed by atoms with van der Waals surface area (Å²) in [4.78, 5) is 25.1. The smallest absolute Gasteiger partial charge is 0.238 e. The minimum atomic E-state index is -0.570. The monoisotopic (exact) mass is 292 g/mol. The summed E-state index contributed by atoms with van der Waals surface area (Å²) in [5.74, 6) is -0.726. The molecule has 21 heavy (non-hydrogen) atoms. The average molecular weight is 292 g/mol. The van der Waals surface area contributed by atoms with Crippen LogP contribution in [0.3, 0.4) is 0 Å². The number of nitrogens with one attached hydrogen (secondary N) is 1. The maximum absolute atomic E-state index is 12.1. The van der Waals surface area contributed by atoms with Gasteiger partial charge in [0.1, 0.15) is 6.04 Å². The van der Waals surface area contributed by atoms with Gasteiger partial charge in [-0.05, 0) is 24.6 Å². The molecule has 1 unspecified atom stereocenters. The van der Waals surface area contributed by atoms with Gasteiger partial charge < -0.3 is 21.5 Å². The van der Waals surface area contributed by atoms with Gasteiger partial charge >= 0.3 is 0 Å². The lowest BCUT2D eigenvalue weighted by molar-refractivity contribution is -0.131. The average Bonchev–Trinajstić information content (AvgIpc) is 2.42. The van der Waals surface area contributed by atoms with Gasteiger partial charge in [-0.15, -0.1) is 0 Å². The summed E-state index contributed by atoms with van der Waals surface area (Å²) in [5, 5.41) is 2.75.